The first kappa shape index (κ1) is 21.4. The highest BCUT2D eigenvalue weighted by molar-refractivity contribution is 6.35. The normalized spacial score (nSPS) is 10.7. The Morgan fingerprint density at radius 2 is 1.81 bits per heavy atom. The standard InChI is InChI=1S/C20H24Cl2N2O3/c1-24(12-14-4-7-18(26-2)19(10-14)27-3)13-20(25)23-9-8-15-5-6-16(21)11-17(15)22/h4-7,10-11H,8-9,12-13H2,1-3H3,(H,23,25). The van der Waals surface area contributed by atoms with Crippen LogP contribution in [0.1, 0.15) is 11.1 Å². The molecule has 0 saturated heterocycles. The van der Waals surface area contributed by atoms with Crippen molar-refractivity contribution in [3.05, 3.63) is 57.6 Å². The van der Waals surface area contributed by atoms with E-state index in [1.54, 1.807) is 26.4 Å². The number of nitrogens with one attached hydrogen (secondary N) is 1. The highest BCUT2D eigenvalue weighted by atomic mass is 35.5. The fourth-order valence-electron chi connectivity index (χ4n) is 2.71. The minimum Gasteiger partial charge on any atom is -0.493 e. The number of ether oxygens (including phenoxy) is 2. The number of hydrogen-bond acceptors (Lipinski definition) is 4. The smallest absolute Gasteiger partial charge is 0.234 e. The van der Waals surface area contributed by atoms with E-state index in [1.165, 1.54) is 0 Å². The van der Waals surface area contributed by atoms with Crippen molar-refractivity contribution in [3.8, 4) is 11.5 Å². The molecule has 0 aliphatic rings. The molecule has 0 aromatic heterocycles. The first-order valence-electron chi connectivity index (χ1n) is 8.53. The summed E-state index contributed by atoms with van der Waals surface area (Å²) >= 11 is 12.0. The summed E-state index contributed by atoms with van der Waals surface area (Å²) in [4.78, 5) is 14.1. The molecule has 0 fully saturated rings. The molecule has 0 spiro atoms. The van der Waals surface area contributed by atoms with E-state index in [1.807, 2.05) is 36.2 Å². The summed E-state index contributed by atoms with van der Waals surface area (Å²) in [5.41, 5.74) is 2.00. The second-order valence-corrected chi connectivity index (χ2v) is 7.04. The van der Waals surface area contributed by atoms with Gasteiger partial charge in [-0.2, -0.15) is 0 Å². The van der Waals surface area contributed by atoms with Gasteiger partial charge in [-0.1, -0.05) is 35.3 Å². The highest BCUT2D eigenvalue weighted by Crippen LogP contribution is 2.27. The van der Waals surface area contributed by atoms with Crippen LogP contribution in [-0.2, 0) is 17.8 Å². The Hall–Kier alpha value is -1.95. The van der Waals surface area contributed by atoms with Crippen LogP contribution in [-0.4, -0.2) is 45.2 Å². The molecule has 2 aromatic carbocycles. The summed E-state index contributed by atoms with van der Waals surface area (Å²) in [6, 6.07) is 11.1. The van der Waals surface area contributed by atoms with E-state index in [2.05, 4.69) is 5.32 Å². The van der Waals surface area contributed by atoms with E-state index >= 15 is 0 Å². The summed E-state index contributed by atoms with van der Waals surface area (Å²) in [5, 5.41) is 4.13. The zero-order valence-corrected chi connectivity index (χ0v) is 17.2. The topological polar surface area (TPSA) is 50.8 Å². The van der Waals surface area contributed by atoms with Crippen LogP contribution < -0.4 is 14.8 Å². The van der Waals surface area contributed by atoms with E-state index in [0.717, 1.165) is 11.1 Å². The summed E-state index contributed by atoms with van der Waals surface area (Å²) in [6.45, 7) is 1.43. The number of hydrogen-bond donors (Lipinski definition) is 1. The molecule has 0 aliphatic carbocycles. The predicted molar refractivity (Wildman–Crippen MR) is 109 cm³/mol. The number of methoxy groups -OCH3 is 2. The Balaban J connectivity index is 1.79. The number of carbonyl (C=O) groups excluding carboxylic acids is 1. The molecule has 0 saturated carbocycles. The van der Waals surface area contributed by atoms with E-state index in [0.29, 0.717) is 47.6 Å². The highest BCUT2D eigenvalue weighted by Gasteiger charge is 2.10. The van der Waals surface area contributed by atoms with Gasteiger partial charge in [0, 0.05) is 23.1 Å². The van der Waals surface area contributed by atoms with Gasteiger partial charge in [-0.05, 0) is 48.9 Å². The van der Waals surface area contributed by atoms with Gasteiger partial charge in [0.1, 0.15) is 0 Å². The second kappa shape index (κ2) is 10.4. The van der Waals surface area contributed by atoms with Gasteiger partial charge in [-0.15, -0.1) is 0 Å². The molecule has 0 atom stereocenters. The number of nitrogens with zero attached hydrogens (tertiary/aromatic N) is 1. The van der Waals surface area contributed by atoms with Crippen LogP contribution >= 0.6 is 23.2 Å². The molecule has 0 bridgehead atoms. The van der Waals surface area contributed by atoms with Crippen LogP contribution in [0.4, 0.5) is 0 Å². The predicted octanol–water partition coefficient (Wildman–Crippen LogP) is 3.80. The number of amides is 1. The molecule has 0 aliphatic heterocycles. The molecule has 2 aromatic rings. The van der Waals surface area contributed by atoms with Crippen LogP contribution in [0.2, 0.25) is 10.0 Å². The number of carbonyl (C=O) groups is 1. The van der Waals surface area contributed by atoms with Gasteiger partial charge in [0.25, 0.3) is 0 Å². The zero-order chi connectivity index (χ0) is 19.8. The molecule has 27 heavy (non-hydrogen) atoms. The number of halogens is 2. The van der Waals surface area contributed by atoms with Crippen LogP contribution in [0.25, 0.3) is 0 Å². The zero-order valence-electron chi connectivity index (χ0n) is 15.7. The summed E-state index contributed by atoms with van der Waals surface area (Å²) in [5.74, 6) is 1.32. The van der Waals surface area contributed by atoms with Crippen molar-refractivity contribution in [1.82, 2.24) is 10.2 Å². The van der Waals surface area contributed by atoms with Gasteiger partial charge < -0.3 is 14.8 Å². The Bertz CT molecular complexity index is 784. The van der Waals surface area contributed by atoms with Crippen LogP contribution in [0, 0.1) is 0 Å². The third-order valence-electron chi connectivity index (χ3n) is 4.05. The van der Waals surface area contributed by atoms with Crippen molar-refractivity contribution in [1.29, 1.82) is 0 Å². The maximum absolute atomic E-state index is 12.1. The summed E-state index contributed by atoms with van der Waals surface area (Å²) < 4.78 is 10.5. The molecule has 7 heteroatoms. The SMILES string of the molecule is COc1ccc(CN(C)CC(=O)NCCc2ccc(Cl)cc2Cl)cc1OC. The average molecular weight is 411 g/mol. The lowest BCUT2D eigenvalue weighted by Crippen LogP contribution is -2.35. The third kappa shape index (κ3) is 6.61. The molecule has 1 amide bonds. The summed E-state index contributed by atoms with van der Waals surface area (Å²) in [7, 11) is 5.10. The Morgan fingerprint density at radius 1 is 1.07 bits per heavy atom. The van der Waals surface area contributed by atoms with Gasteiger partial charge in [0.05, 0.1) is 20.8 Å². The Morgan fingerprint density at radius 3 is 2.48 bits per heavy atom. The minimum absolute atomic E-state index is 0.0388. The van der Waals surface area contributed by atoms with Crippen molar-refractivity contribution in [2.75, 3.05) is 34.4 Å². The number of likely N-dealkylation sites (N-methyl/N-ethyl adjacent to an activating group) is 1. The second-order valence-electron chi connectivity index (χ2n) is 6.20. The monoisotopic (exact) mass is 410 g/mol. The first-order valence-corrected chi connectivity index (χ1v) is 9.28. The molecule has 2 rings (SSSR count). The third-order valence-corrected chi connectivity index (χ3v) is 4.63. The van der Waals surface area contributed by atoms with E-state index in [-0.39, 0.29) is 5.91 Å². The van der Waals surface area contributed by atoms with Crippen LogP contribution in [0.5, 0.6) is 11.5 Å². The maximum Gasteiger partial charge on any atom is 0.234 e. The fraction of sp³-hybridized carbons (Fsp3) is 0.350. The Labute approximate surface area is 170 Å². The molecule has 0 unspecified atom stereocenters. The molecule has 146 valence electrons. The largest absolute Gasteiger partial charge is 0.493 e. The maximum atomic E-state index is 12.1. The number of rotatable bonds is 9. The molecule has 1 N–H and O–H groups in total. The fourth-order valence-corrected chi connectivity index (χ4v) is 3.21. The van der Waals surface area contributed by atoms with E-state index in [4.69, 9.17) is 32.7 Å². The number of benzene rings is 2. The van der Waals surface area contributed by atoms with Gasteiger partial charge in [-0.3, -0.25) is 9.69 Å². The van der Waals surface area contributed by atoms with Gasteiger partial charge in [0.2, 0.25) is 5.91 Å². The van der Waals surface area contributed by atoms with E-state index in [9.17, 15) is 4.79 Å². The quantitative estimate of drug-likeness (QED) is 0.682. The van der Waals surface area contributed by atoms with Crippen molar-refractivity contribution in [2.24, 2.45) is 0 Å². The van der Waals surface area contributed by atoms with Crippen molar-refractivity contribution >= 4 is 29.1 Å². The molecular weight excluding hydrogens is 387 g/mol. The summed E-state index contributed by atoms with van der Waals surface area (Å²) in [6.07, 6.45) is 0.654. The van der Waals surface area contributed by atoms with Gasteiger partial charge >= 0.3 is 0 Å². The molecule has 0 radical (unpaired) electrons. The van der Waals surface area contributed by atoms with Gasteiger partial charge in [0.15, 0.2) is 11.5 Å². The molecule has 5 nitrogen and oxygen atoms in total. The lowest BCUT2D eigenvalue weighted by molar-refractivity contribution is -0.122. The lowest BCUT2D eigenvalue weighted by Gasteiger charge is -2.17. The molecular formula is C20H24Cl2N2O3. The van der Waals surface area contributed by atoms with Crippen LogP contribution in [0.15, 0.2) is 36.4 Å². The van der Waals surface area contributed by atoms with Gasteiger partial charge in [-0.25, -0.2) is 0 Å². The first-order chi connectivity index (χ1) is 12.9. The molecule has 0 heterocycles. The van der Waals surface area contributed by atoms with E-state index < -0.39 is 0 Å². The minimum atomic E-state index is -0.0388. The van der Waals surface area contributed by atoms with Crippen molar-refractivity contribution in [2.45, 2.75) is 13.0 Å². The van der Waals surface area contributed by atoms with Crippen molar-refractivity contribution in [3.63, 3.8) is 0 Å². The Kier molecular flexibility index (Phi) is 8.23. The van der Waals surface area contributed by atoms with Crippen LogP contribution in [0.3, 0.4) is 0 Å². The average Bonchev–Trinajstić information content (AvgIpc) is 2.63. The van der Waals surface area contributed by atoms with Crippen molar-refractivity contribution < 1.29 is 14.3 Å². The lowest BCUT2D eigenvalue weighted by atomic mass is 10.1.